The zero-order valence-electron chi connectivity index (χ0n) is 12.6. The van der Waals surface area contributed by atoms with Gasteiger partial charge in [-0.05, 0) is 43.9 Å². The molecular weight excluding hydrogens is 264 g/mol. The van der Waals surface area contributed by atoms with E-state index in [1.807, 2.05) is 24.3 Å². The van der Waals surface area contributed by atoms with Crippen LogP contribution in [0, 0.1) is 5.92 Å². The number of nitrogens with two attached hydrogens (primary N) is 1. The van der Waals surface area contributed by atoms with Gasteiger partial charge in [0, 0.05) is 12.6 Å². The third kappa shape index (κ3) is 3.50. The minimum atomic E-state index is -0.453. The van der Waals surface area contributed by atoms with Crippen molar-refractivity contribution in [3.8, 4) is 5.75 Å². The molecule has 0 amide bonds. The Morgan fingerprint density at radius 2 is 2.05 bits per heavy atom. The number of para-hydroxylation sites is 2. The number of rotatable bonds is 5. The number of hydrogen-bond donors (Lipinski definition) is 2. The lowest BCUT2D eigenvalue weighted by atomic mass is 9.85. The van der Waals surface area contributed by atoms with E-state index in [1.165, 1.54) is 32.1 Å². The van der Waals surface area contributed by atoms with Crippen molar-refractivity contribution in [2.24, 2.45) is 5.92 Å². The number of β-amino-alcohol motifs (C(OH)–C–C–N with tert-alkyl or cyclic N) is 1. The molecule has 3 atom stereocenters. The summed E-state index contributed by atoms with van der Waals surface area (Å²) < 4.78 is 5.64. The van der Waals surface area contributed by atoms with Gasteiger partial charge < -0.3 is 15.6 Å². The van der Waals surface area contributed by atoms with Crippen molar-refractivity contribution in [1.29, 1.82) is 0 Å². The number of aliphatic hydroxyl groups excluding tert-OH is 1. The summed E-state index contributed by atoms with van der Waals surface area (Å²) in [6.45, 7) is 2.15. The number of nitrogens with zero attached hydrogens (tertiary/aromatic N) is 1. The van der Waals surface area contributed by atoms with Gasteiger partial charge in [-0.2, -0.15) is 0 Å². The summed E-state index contributed by atoms with van der Waals surface area (Å²) in [5.74, 6) is 1.52. The molecule has 1 aromatic rings. The van der Waals surface area contributed by atoms with Crippen LogP contribution in [0.5, 0.6) is 5.75 Å². The van der Waals surface area contributed by atoms with E-state index in [1.54, 1.807) is 0 Å². The first kappa shape index (κ1) is 14.7. The van der Waals surface area contributed by atoms with Crippen molar-refractivity contribution in [1.82, 2.24) is 4.90 Å². The maximum atomic E-state index is 10.2. The Hall–Kier alpha value is -1.26. The molecule has 0 spiro atoms. The highest BCUT2D eigenvalue weighted by atomic mass is 16.5. The molecule has 1 aliphatic carbocycles. The second-order valence-corrected chi connectivity index (χ2v) is 6.40. The highest BCUT2D eigenvalue weighted by Gasteiger charge is 2.36. The normalized spacial score (nSPS) is 27.3. The lowest BCUT2D eigenvalue weighted by Crippen LogP contribution is -2.41. The van der Waals surface area contributed by atoms with Crippen molar-refractivity contribution in [2.45, 2.75) is 44.2 Å². The van der Waals surface area contributed by atoms with Crippen molar-refractivity contribution < 1.29 is 9.84 Å². The van der Waals surface area contributed by atoms with Crippen LogP contribution in [0.25, 0.3) is 0 Å². The van der Waals surface area contributed by atoms with Crippen molar-refractivity contribution >= 4 is 5.69 Å². The number of hydrogen-bond acceptors (Lipinski definition) is 4. The van der Waals surface area contributed by atoms with E-state index in [2.05, 4.69) is 4.90 Å². The van der Waals surface area contributed by atoms with Gasteiger partial charge in [0.2, 0.25) is 0 Å². The number of anilines is 1. The molecule has 3 N–H and O–H groups in total. The Bertz CT molecular complexity index is 466. The third-order valence-corrected chi connectivity index (χ3v) is 4.92. The predicted octanol–water partition coefficient (Wildman–Crippen LogP) is 2.27. The molecule has 1 heterocycles. The summed E-state index contributed by atoms with van der Waals surface area (Å²) in [5.41, 5.74) is 6.46. The molecule has 0 aromatic heterocycles. The fourth-order valence-electron chi connectivity index (χ4n) is 3.85. The zero-order chi connectivity index (χ0) is 14.7. The van der Waals surface area contributed by atoms with Gasteiger partial charge in [-0.15, -0.1) is 0 Å². The largest absolute Gasteiger partial charge is 0.489 e. The van der Waals surface area contributed by atoms with E-state index in [0.29, 0.717) is 30.6 Å². The fourth-order valence-corrected chi connectivity index (χ4v) is 3.85. The number of benzene rings is 1. The summed E-state index contributed by atoms with van der Waals surface area (Å²) >= 11 is 0. The van der Waals surface area contributed by atoms with Crippen LogP contribution in [-0.4, -0.2) is 41.8 Å². The monoisotopic (exact) mass is 290 g/mol. The quantitative estimate of drug-likeness (QED) is 0.817. The second kappa shape index (κ2) is 6.67. The van der Waals surface area contributed by atoms with Gasteiger partial charge in [0.05, 0.1) is 5.69 Å². The third-order valence-electron chi connectivity index (χ3n) is 4.92. The number of likely N-dealkylation sites (tertiary alicyclic amines) is 1. The van der Waals surface area contributed by atoms with Crippen LogP contribution in [0.2, 0.25) is 0 Å². The van der Waals surface area contributed by atoms with Crippen LogP contribution in [0.4, 0.5) is 5.69 Å². The number of aliphatic hydroxyl groups is 1. The van der Waals surface area contributed by atoms with E-state index in [-0.39, 0.29) is 0 Å². The van der Waals surface area contributed by atoms with Gasteiger partial charge >= 0.3 is 0 Å². The first-order valence-corrected chi connectivity index (χ1v) is 8.13. The van der Waals surface area contributed by atoms with Crippen molar-refractivity contribution in [3.05, 3.63) is 24.3 Å². The molecule has 3 unspecified atom stereocenters. The molecule has 1 aliphatic heterocycles. The standard InChI is InChI=1S/C17H26N2O2/c18-15-6-2-4-8-17(15)21-12-14(20)11-19-10-9-13-5-1-3-7-16(13)19/h2,4,6,8,13-14,16,20H,1,3,5,7,9-12,18H2. The highest BCUT2D eigenvalue weighted by molar-refractivity contribution is 5.51. The molecule has 1 aromatic carbocycles. The minimum Gasteiger partial charge on any atom is -0.489 e. The maximum Gasteiger partial charge on any atom is 0.142 e. The number of nitrogen functional groups attached to an aromatic ring is 1. The van der Waals surface area contributed by atoms with Gasteiger partial charge in [-0.1, -0.05) is 25.0 Å². The molecule has 116 valence electrons. The van der Waals surface area contributed by atoms with Crippen LogP contribution >= 0.6 is 0 Å². The molecular formula is C17H26N2O2. The SMILES string of the molecule is Nc1ccccc1OCC(O)CN1CCC2CCCCC21. The Labute approximate surface area is 126 Å². The van der Waals surface area contributed by atoms with Gasteiger partial charge in [0.1, 0.15) is 18.5 Å². The van der Waals surface area contributed by atoms with Crippen LogP contribution in [0.1, 0.15) is 32.1 Å². The molecule has 4 heteroatoms. The molecule has 1 saturated heterocycles. The Morgan fingerprint density at radius 3 is 2.90 bits per heavy atom. The lowest BCUT2D eigenvalue weighted by molar-refractivity contribution is 0.0552. The molecule has 4 nitrogen and oxygen atoms in total. The topological polar surface area (TPSA) is 58.7 Å². The molecule has 1 saturated carbocycles. The molecule has 21 heavy (non-hydrogen) atoms. The Morgan fingerprint density at radius 1 is 1.24 bits per heavy atom. The smallest absolute Gasteiger partial charge is 0.142 e. The molecule has 0 radical (unpaired) electrons. The van der Waals surface area contributed by atoms with Gasteiger partial charge in [-0.3, -0.25) is 4.90 Å². The van der Waals surface area contributed by atoms with E-state index >= 15 is 0 Å². The summed E-state index contributed by atoms with van der Waals surface area (Å²) in [6, 6.07) is 8.12. The Balaban J connectivity index is 1.48. The second-order valence-electron chi connectivity index (χ2n) is 6.40. The maximum absolute atomic E-state index is 10.2. The average Bonchev–Trinajstić information content (AvgIpc) is 2.90. The van der Waals surface area contributed by atoms with E-state index in [4.69, 9.17) is 10.5 Å². The van der Waals surface area contributed by atoms with Gasteiger partial charge in [-0.25, -0.2) is 0 Å². The van der Waals surface area contributed by atoms with Crippen LogP contribution < -0.4 is 10.5 Å². The molecule has 2 aliphatic rings. The number of fused-ring (bicyclic) bond motifs is 1. The fraction of sp³-hybridized carbons (Fsp3) is 0.647. The molecule has 3 rings (SSSR count). The lowest BCUT2D eigenvalue weighted by Gasteiger charge is -2.32. The first-order valence-electron chi connectivity index (χ1n) is 8.13. The van der Waals surface area contributed by atoms with Gasteiger partial charge in [0.15, 0.2) is 0 Å². The van der Waals surface area contributed by atoms with E-state index in [9.17, 15) is 5.11 Å². The zero-order valence-corrected chi connectivity index (χ0v) is 12.6. The minimum absolute atomic E-state index is 0.308. The molecule has 0 bridgehead atoms. The van der Waals surface area contributed by atoms with Gasteiger partial charge in [0.25, 0.3) is 0 Å². The summed E-state index contributed by atoms with van der Waals surface area (Å²) in [6.07, 6.45) is 6.23. The van der Waals surface area contributed by atoms with E-state index < -0.39 is 6.10 Å². The van der Waals surface area contributed by atoms with Crippen molar-refractivity contribution in [3.63, 3.8) is 0 Å². The summed E-state index contributed by atoms with van der Waals surface area (Å²) in [7, 11) is 0. The highest BCUT2D eigenvalue weighted by Crippen LogP contribution is 2.36. The predicted molar refractivity (Wildman–Crippen MR) is 84.3 cm³/mol. The van der Waals surface area contributed by atoms with Crippen LogP contribution in [0.15, 0.2) is 24.3 Å². The van der Waals surface area contributed by atoms with E-state index in [0.717, 1.165) is 12.5 Å². The average molecular weight is 290 g/mol. The van der Waals surface area contributed by atoms with Crippen molar-refractivity contribution in [2.75, 3.05) is 25.4 Å². The summed E-state index contributed by atoms with van der Waals surface area (Å²) in [5, 5.41) is 10.2. The molecule has 2 fully saturated rings. The van der Waals surface area contributed by atoms with Crippen LogP contribution in [-0.2, 0) is 0 Å². The summed E-state index contributed by atoms with van der Waals surface area (Å²) in [4.78, 5) is 2.46. The Kier molecular flexibility index (Phi) is 4.66. The van der Waals surface area contributed by atoms with Crippen LogP contribution in [0.3, 0.4) is 0 Å². The number of ether oxygens (including phenoxy) is 1. The first-order chi connectivity index (χ1) is 10.2.